The standard InChI is InChI=1S/C17H19N5O/c1-2-6-15(7-3-1)16-19-17(20-23-16)22-9-4-5-14(12-22)11-21-10-8-18-13-21/h1-3,6-8,10,13-14H,4-5,9,11-12H2/t14-/m0/s1. The first kappa shape index (κ1) is 14.0. The normalized spacial score (nSPS) is 18.3. The molecule has 6 nitrogen and oxygen atoms in total. The van der Waals surface area contributed by atoms with Crippen LogP contribution in [0.2, 0.25) is 0 Å². The Hall–Kier alpha value is -2.63. The summed E-state index contributed by atoms with van der Waals surface area (Å²) in [6.45, 7) is 2.92. The highest BCUT2D eigenvalue weighted by molar-refractivity contribution is 5.54. The highest BCUT2D eigenvalue weighted by Crippen LogP contribution is 2.25. The Morgan fingerprint density at radius 1 is 1.22 bits per heavy atom. The van der Waals surface area contributed by atoms with Gasteiger partial charge in [-0.2, -0.15) is 4.98 Å². The van der Waals surface area contributed by atoms with Crippen molar-refractivity contribution in [3.8, 4) is 11.5 Å². The molecule has 1 fully saturated rings. The van der Waals surface area contributed by atoms with Gasteiger partial charge in [0.1, 0.15) is 0 Å². The lowest BCUT2D eigenvalue weighted by molar-refractivity contribution is 0.359. The molecule has 118 valence electrons. The third-order valence-electron chi connectivity index (χ3n) is 4.27. The Balaban J connectivity index is 1.46. The Bertz CT molecular complexity index is 737. The van der Waals surface area contributed by atoms with Gasteiger partial charge in [0.15, 0.2) is 0 Å². The van der Waals surface area contributed by atoms with Crippen LogP contribution in [0.4, 0.5) is 5.95 Å². The molecule has 0 radical (unpaired) electrons. The van der Waals surface area contributed by atoms with Gasteiger partial charge in [0, 0.05) is 37.6 Å². The number of nitrogens with zero attached hydrogens (tertiary/aromatic N) is 5. The minimum atomic E-state index is 0.580. The smallest absolute Gasteiger partial charge is 0.266 e. The molecule has 4 rings (SSSR count). The van der Waals surface area contributed by atoms with Crippen molar-refractivity contribution in [1.29, 1.82) is 0 Å². The summed E-state index contributed by atoms with van der Waals surface area (Å²) < 4.78 is 7.57. The molecule has 0 saturated carbocycles. The number of rotatable bonds is 4. The van der Waals surface area contributed by atoms with Gasteiger partial charge in [-0.15, -0.1) is 0 Å². The molecule has 1 aliphatic rings. The maximum absolute atomic E-state index is 5.43. The van der Waals surface area contributed by atoms with Crippen molar-refractivity contribution >= 4 is 5.95 Å². The summed E-state index contributed by atoms with van der Waals surface area (Å²) in [4.78, 5) is 10.9. The molecule has 0 N–H and O–H groups in total. The van der Waals surface area contributed by atoms with Crippen molar-refractivity contribution < 1.29 is 4.52 Å². The van der Waals surface area contributed by atoms with Crippen LogP contribution in [-0.2, 0) is 6.54 Å². The molecule has 0 unspecified atom stereocenters. The van der Waals surface area contributed by atoms with Crippen LogP contribution < -0.4 is 4.90 Å². The van der Waals surface area contributed by atoms with E-state index in [9.17, 15) is 0 Å². The van der Waals surface area contributed by atoms with Crippen molar-refractivity contribution in [1.82, 2.24) is 19.7 Å². The van der Waals surface area contributed by atoms with E-state index in [0.717, 1.165) is 31.6 Å². The van der Waals surface area contributed by atoms with Crippen LogP contribution in [0.5, 0.6) is 0 Å². The van der Waals surface area contributed by atoms with E-state index in [1.54, 1.807) is 0 Å². The molecule has 0 bridgehead atoms. The summed E-state index contributed by atoms with van der Waals surface area (Å²) in [6.07, 6.45) is 8.08. The van der Waals surface area contributed by atoms with Gasteiger partial charge in [-0.25, -0.2) is 4.98 Å². The fourth-order valence-corrected chi connectivity index (χ4v) is 3.13. The van der Waals surface area contributed by atoms with E-state index >= 15 is 0 Å². The summed E-state index contributed by atoms with van der Waals surface area (Å²) in [6, 6.07) is 9.89. The van der Waals surface area contributed by atoms with Gasteiger partial charge < -0.3 is 14.0 Å². The summed E-state index contributed by atoms with van der Waals surface area (Å²) in [5, 5.41) is 4.17. The molecule has 3 aromatic rings. The largest absolute Gasteiger partial charge is 0.338 e. The SMILES string of the molecule is c1ccc(-c2nc(N3CCC[C@@H](Cn4ccnc4)C3)no2)cc1. The summed E-state index contributed by atoms with van der Waals surface area (Å²) in [7, 11) is 0. The highest BCUT2D eigenvalue weighted by Gasteiger charge is 2.24. The minimum Gasteiger partial charge on any atom is -0.338 e. The van der Waals surface area contributed by atoms with Crippen LogP contribution in [0.1, 0.15) is 12.8 Å². The number of hydrogen-bond donors (Lipinski definition) is 0. The average Bonchev–Trinajstić information content (AvgIpc) is 3.28. The maximum atomic E-state index is 5.43. The molecule has 3 heterocycles. The first-order valence-electron chi connectivity index (χ1n) is 7.98. The van der Waals surface area contributed by atoms with Gasteiger partial charge in [-0.05, 0) is 36.0 Å². The zero-order valence-electron chi connectivity index (χ0n) is 12.9. The van der Waals surface area contributed by atoms with E-state index < -0.39 is 0 Å². The molecule has 23 heavy (non-hydrogen) atoms. The number of hydrogen-bond acceptors (Lipinski definition) is 5. The van der Waals surface area contributed by atoms with Crippen LogP contribution in [0.3, 0.4) is 0 Å². The van der Waals surface area contributed by atoms with Crippen molar-refractivity contribution in [2.24, 2.45) is 5.92 Å². The number of anilines is 1. The molecular formula is C17H19N5O. The van der Waals surface area contributed by atoms with E-state index in [-0.39, 0.29) is 0 Å². The molecule has 1 aromatic carbocycles. The zero-order valence-corrected chi connectivity index (χ0v) is 12.9. The molecule has 6 heteroatoms. The molecule has 1 aliphatic heterocycles. The second-order valence-corrected chi connectivity index (χ2v) is 5.98. The van der Waals surface area contributed by atoms with E-state index in [1.165, 1.54) is 6.42 Å². The lowest BCUT2D eigenvalue weighted by Gasteiger charge is -2.31. The van der Waals surface area contributed by atoms with Gasteiger partial charge in [0.25, 0.3) is 11.8 Å². The molecule has 2 aromatic heterocycles. The van der Waals surface area contributed by atoms with Gasteiger partial charge in [0.05, 0.1) is 6.33 Å². The lowest BCUT2D eigenvalue weighted by atomic mass is 9.98. The van der Waals surface area contributed by atoms with E-state index in [1.807, 2.05) is 49.1 Å². The summed E-state index contributed by atoms with van der Waals surface area (Å²) in [5.74, 6) is 1.85. The molecule has 1 saturated heterocycles. The van der Waals surface area contributed by atoms with Gasteiger partial charge in [-0.3, -0.25) is 0 Å². The monoisotopic (exact) mass is 309 g/mol. The second kappa shape index (κ2) is 6.24. The first-order valence-corrected chi connectivity index (χ1v) is 7.98. The number of imidazole rings is 1. The van der Waals surface area contributed by atoms with Crippen LogP contribution in [-0.4, -0.2) is 32.8 Å². The fourth-order valence-electron chi connectivity index (χ4n) is 3.13. The van der Waals surface area contributed by atoms with E-state index in [0.29, 0.717) is 17.8 Å². The van der Waals surface area contributed by atoms with Crippen LogP contribution in [0, 0.1) is 5.92 Å². The third-order valence-corrected chi connectivity index (χ3v) is 4.27. The van der Waals surface area contributed by atoms with Gasteiger partial charge in [0.2, 0.25) is 0 Å². The highest BCUT2D eigenvalue weighted by atomic mass is 16.5. The summed E-state index contributed by atoms with van der Waals surface area (Å²) in [5.41, 5.74) is 0.957. The van der Waals surface area contributed by atoms with E-state index in [4.69, 9.17) is 4.52 Å². The third kappa shape index (κ3) is 3.11. The van der Waals surface area contributed by atoms with Crippen molar-refractivity contribution in [2.45, 2.75) is 19.4 Å². The predicted molar refractivity (Wildman–Crippen MR) is 86.9 cm³/mol. The molecule has 0 aliphatic carbocycles. The van der Waals surface area contributed by atoms with Gasteiger partial charge in [-0.1, -0.05) is 18.2 Å². The Morgan fingerprint density at radius 2 is 2.13 bits per heavy atom. The van der Waals surface area contributed by atoms with Crippen LogP contribution in [0.25, 0.3) is 11.5 Å². The van der Waals surface area contributed by atoms with Crippen molar-refractivity contribution in [2.75, 3.05) is 18.0 Å². The Labute approximate surface area is 134 Å². The van der Waals surface area contributed by atoms with Crippen LogP contribution in [0.15, 0.2) is 53.6 Å². The number of benzene rings is 1. The first-order chi connectivity index (χ1) is 11.4. The topological polar surface area (TPSA) is 60.0 Å². The molecule has 1 atom stereocenters. The second-order valence-electron chi connectivity index (χ2n) is 5.98. The number of piperidine rings is 1. The predicted octanol–water partition coefficient (Wildman–Crippen LogP) is 2.85. The maximum Gasteiger partial charge on any atom is 0.266 e. The molecule has 0 amide bonds. The average molecular weight is 309 g/mol. The fraction of sp³-hybridized carbons (Fsp3) is 0.353. The molecular weight excluding hydrogens is 290 g/mol. The van der Waals surface area contributed by atoms with E-state index in [2.05, 4.69) is 24.6 Å². The Morgan fingerprint density at radius 3 is 2.96 bits per heavy atom. The lowest BCUT2D eigenvalue weighted by Crippen LogP contribution is -2.37. The summed E-state index contributed by atoms with van der Waals surface area (Å²) >= 11 is 0. The van der Waals surface area contributed by atoms with Gasteiger partial charge >= 0.3 is 0 Å². The number of aromatic nitrogens is 4. The van der Waals surface area contributed by atoms with Crippen molar-refractivity contribution in [3.05, 3.63) is 49.1 Å². The Kier molecular flexibility index (Phi) is 3.80. The molecule has 0 spiro atoms. The van der Waals surface area contributed by atoms with Crippen molar-refractivity contribution in [3.63, 3.8) is 0 Å². The quantitative estimate of drug-likeness (QED) is 0.741. The minimum absolute atomic E-state index is 0.580. The zero-order chi connectivity index (χ0) is 15.5. The van der Waals surface area contributed by atoms with Crippen LogP contribution >= 0.6 is 0 Å².